The Balaban J connectivity index is 1.78. The molecule has 0 amide bonds. The van der Waals surface area contributed by atoms with Gasteiger partial charge >= 0.3 is 0 Å². The van der Waals surface area contributed by atoms with Gasteiger partial charge in [-0.3, -0.25) is 4.79 Å². The molecule has 0 saturated heterocycles. The van der Waals surface area contributed by atoms with E-state index in [1.54, 1.807) is 30.3 Å². The third-order valence-corrected chi connectivity index (χ3v) is 3.36. The molecule has 0 bridgehead atoms. The number of rotatable bonds is 5. The highest BCUT2D eigenvalue weighted by molar-refractivity contribution is 6.09. The second-order valence-electron chi connectivity index (χ2n) is 5.02. The molecule has 0 spiro atoms. The Kier molecular flexibility index (Phi) is 3.60. The summed E-state index contributed by atoms with van der Waals surface area (Å²) in [5.74, 6) is 0.112. The topological polar surface area (TPSA) is 35.5 Å². The fourth-order valence-electron chi connectivity index (χ4n) is 2.04. The van der Waals surface area contributed by atoms with Gasteiger partial charge in [0.05, 0.1) is 13.2 Å². The van der Waals surface area contributed by atoms with Crippen molar-refractivity contribution in [2.24, 2.45) is 0 Å². The van der Waals surface area contributed by atoms with Gasteiger partial charge in [0.1, 0.15) is 5.75 Å². The summed E-state index contributed by atoms with van der Waals surface area (Å²) in [4.78, 5) is 12.3. The second-order valence-corrected chi connectivity index (χ2v) is 5.02. The molecule has 0 atom stereocenters. The summed E-state index contributed by atoms with van der Waals surface area (Å²) in [5.41, 5.74) is 0.798. The van der Waals surface area contributed by atoms with Crippen molar-refractivity contribution in [1.29, 1.82) is 0 Å². The summed E-state index contributed by atoms with van der Waals surface area (Å²) >= 11 is 0. The molecule has 108 valence electrons. The van der Waals surface area contributed by atoms with Gasteiger partial charge in [-0.2, -0.15) is 0 Å². The number of halogens is 1. The van der Waals surface area contributed by atoms with Gasteiger partial charge < -0.3 is 9.47 Å². The largest absolute Gasteiger partial charge is 0.494 e. The van der Waals surface area contributed by atoms with Crippen molar-refractivity contribution >= 4 is 5.78 Å². The van der Waals surface area contributed by atoms with Crippen LogP contribution in [0.2, 0.25) is 0 Å². The molecule has 1 aliphatic carbocycles. The van der Waals surface area contributed by atoms with Gasteiger partial charge in [0.15, 0.2) is 17.3 Å². The summed E-state index contributed by atoms with van der Waals surface area (Å²) in [5, 5.41) is 0. The van der Waals surface area contributed by atoms with Gasteiger partial charge in [-0.05, 0) is 55.3 Å². The second kappa shape index (κ2) is 5.56. The van der Waals surface area contributed by atoms with E-state index in [9.17, 15) is 9.18 Å². The van der Waals surface area contributed by atoms with Crippen molar-refractivity contribution in [3.05, 3.63) is 59.4 Å². The van der Waals surface area contributed by atoms with Crippen molar-refractivity contribution in [3.8, 4) is 11.5 Å². The van der Waals surface area contributed by atoms with Crippen molar-refractivity contribution in [2.75, 3.05) is 7.11 Å². The van der Waals surface area contributed by atoms with Crippen LogP contribution < -0.4 is 9.47 Å². The van der Waals surface area contributed by atoms with Crippen molar-refractivity contribution in [1.82, 2.24) is 0 Å². The first-order valence-corrected chi connectivity index (χ1v) is 6.82. The molecule has 1 aliphatic rings. The Morgan fingerprint density at radius 1 is 1.10 bits per heavy atom. The van der Waals surface area contributed by atoms with E-state index in [0.29, 0.717) is 17.2 Å². The molecular weight excluding hydrogens is 271 g/mol. The molecule has 0 radical (unpaired) electrons. The summed E-state index contributed by atoms with van der Waals surface area (Å²) in [6, 6.07) is 11.1. The number of carbonyl (C=O) groups is 1. The Hall–Kier alpha value is -2.36. The molecular formula is C17H15FO3. The van der Waals surface area contributed by atoms with E-state index < -0.39 is 5.82 Å². The Morgan fingerprint density at radius 3 is 2.33 bits per heavy atom. The molecule has 0 aliphatic heterocycles. The smallest absolute Gasteiger partial charge is 0.193 e. The lowest BCUT2D eigenvalue weighted by molar-refractivity contribution is 0.103. The van der Waals surface area contributed by atoms with Crippen LogP contribution in [0.25, 0.3) is 0 Å². The minimum atomic E-state index is -0.544. The quantitative estimate of drug-likeness (QED) is 0.788. The van der Waals surface area contributed by atoms with Crippen LogP contribution in [-0.4, -0.2) is 19.0 Å². The van der Waals surface area contributed by atoms with Crippen LogP contribution >= 0.6 is 0 Å². The zero-order valence-corrected chi connectivity index (χ0v) is 11.6. The molecule has 2 aromatic rings. The molecule has 21 heavy (non-hydrogen) atoms. The van der Waals surface area contributed by atoms with Crippen LogP contribution in [0, 0.1) is 5.82 Å². The highest BCUT2D eigenvalue weighted by Gasteiger charge is 2.23. The number of methoxy groups -OCH3 is 1. The van der Waals surface area contributed by atoms with Gasteiger partial charge in [0.2, 0.25) is 0 Å². The number of carbonyl (C=O) groups excluding carboxylic acids is 1. The predicted octanol–water partition coefficient (Wildman–Crippen LogP) is 3.61. The molecule has 0 aromatic heterocycles. The SMILES string of the molecule is COc1ccc(C(=O)c2ccc(OC3CC3)cc2)cc1F. The standard InChI is InChI=1S/C17H15FO3/c1-20-16-9-4-12(10-15(16)18)17(19)11-2-5-13(6-3-11)21-14-7-8-14/h2-6,9-10,14H,7-8H2,1H3. The van der Waals surface area contributed by atoms with Gasteiger partial charge in [0, 0.05) is 11.1 Å². The van der Waals surface area contributed by atoms with Crippen LogP contribution in [0.4, 0.5) is 4.39 Å². The number of hydrogen-bond donors (Lipinski definition) is 0. The Morgan fingerprint density at radius 2 is 1.76 bits per heavy atom. The number of benzene rings is 2. The van der Waals surface area contributed by atoms with Gasteiger partial charge in [-0.25, -0.2) is 4.39 Å². The van der Waals surface area contributed by atoms with E-state index in [2.05, 4.69) is 0 Å². The fraction of sp³-hybridized carbons (Fsp3) is 0.235. The maximum Gasteiger partial charge on any atom is 0.193 e. The first-order chi connectivity index (χ1) is 10.2. The van der Waals surface area contributed by atoms with Crippen LogP contribution in [-0.2, 0) is 0 Å². The van der Waals surface area contributed by atoms with E-state index in [1.807, 2.05) is 0 Å². The molecule has 0 heterocycles. The third kappa shape index (κ3) is 3.05. The average Bonchev–Trinajstić information content (AvgIpc) is 3.31. The van der Waals surface area contributed by atoms with E-state index in [-0.39, 0.29) is 11.5 Å². The summed E-state index contributed by atoms with van der Waals surface area (Å²) in [7, 11) is 1.39. The van der Waals surface area contributed by atoms with Crippen molar-refractivity contribution < 1.29 is 18.7 Å². The molecule has 1 fully saturated rings. The number of hydrogen-bond acceptors (Lipinski definition) is 3. The minimum absolute atomic E-state index is 0.125. The Bertz CT molecular complexity index is 660. The minimum Gasteiger partial charge on any atom is -0.494 e. The van der Waals surface area contributed by atoms with Crippen molar-refractivity contribution in [3.63, 3.8) is 0 Å². The third-order valence-electron chi connectivity index (χ3n) is 3.36. The zero-order valence-electron chi connectivity index (χ0n) is 11.6. The number of ether oxygens (including phenoxy) is 2. The molecule has 0 unspecified atom stereocenters. The average molecular weight is 286 g/mol. The van der Waals surface area contributed by atoms with E-state index in [1.165, 1.54) is 19.2 Å². The van der Waals surface area contributed by atoms with Crippen LogP contribution in [0.15, 0.2) is 42.5 Å². The molecule has 4 heteroatoms. The first-order valence-electron chi connectivity index (χ1n) is 6.82. The zero-order chi connectivity index (χ0) is 14.8. The first kappa shape index (κ1) is 13.6. The lowest BCUT2D eigenvalue weighted by Crippen LogP contribution is -2.03. The highest BCUT2D eigenvalue weighted by Crippen LogP contribution is 2.27. The fourth-order valence-corrected chi connectivity index (χ4v) is 2.04. The highest BCUT2D eigenvalue weighted by atomic mass is 19.1. The van der Waals surface area contributed by atoms with E-state index in [4.69, 9.17) is 9.47 Å². The van der Waals surface area contributed by atoms with Crippen LogP contribution in [0.5, 0.6) is 11.5 Å². The summed E-state index contributed by atoms with van der Waals surface area (Å²) < 4.78 is 24.1. The van der Waals surface area contributed by atoms with Gasteiger partial charge in [-0.15, -0.1) is 0 Å². The lowest BCUT2D eigenvalue weighted by Gasteiger charge is -2.07. The van der Waals surface area contributed by atoms with E-state index in [0.717, 1.165) is 18.6 Å². The summed E-state index contributed by atoms with van der Waals surface area (Å²) in [6.07, 6.45) is 2.50. The van der Waals surface area contributed by atoms with Crippen molar-refractivity contribution in [2.45, 2.75) is 18.9 Å². The van der Waals surface area contributed by atoms with Crippen LogP contribution in [0.1, 0.15) is 28.8 Å². The summed E-state index contributed by atoms with van der Waals surface area (Å²) in [6.45, 7) is 0. The monoisotopic (exact) mass is 286 g/mol. The molecule has 3 nitrogen and oxygen atoms in total. The Labute approximate surface area is 122 Å². The number of ketones is 1. The van der Waals surface area contributed by atoms with Gasteiger partial charge in [0.25, 0.3) is 0 Å². The maximum atomic E-state index is 13.6. The molecule has 2 aromatic carbocycles. The molecule has 3 rings (SSSR count). The normalized spacial score (nSPS) is 13.8. The van der Waals surface area contributed by atoms with Crippen LogP contribution in [0.3, 0.4) is 0 Å². The molecule has 0 N–H and O–H groups in total. The van der Waals surface area contributed by atoms with Gasteiger partial charge in [-0.1, -0.05) is 0 Å². The lowest BCUT2D eigenvalue weighted by atomic mass is 10.0. The predicted molar refractivity (Wildman–Crippen MR) is 76.5 cm³/mol. The molecule has 1 saturated carbocycles. The maximum absolute atomic E-state index is 13.6. The van der Waals surface area contributed by atoms with E-state index >= 15 is 0 Å².